The summed E-state index contributed by atoms with van der Waals surface area (Å²) < 4.78 is 24.4. The van der Waals surface area contributed by atoms with Gasteiger partial charge in [0.15, 0.2) is 0 Å². The minimum atomic E-state index is -3.10. The first-order valence-electron chi connectivity index (χ1n) is 5.42. The molecule has 0 aliphatic carbocycles. The first-order valence-corrected chi connectivity index (χ1v) is 7.27. The van der Waals surface area contributed by atoms with E-state index in [0.717, 1.165) is 12.8 Å². The van der Waals surface area contributed by atoms with Gasteiger partial charge in [-0.3, -0.25) is 0 Å². The monoisotopic (exact) mass is 241 g/mol. The van der Waals surface area contributed by atoms with Crippen molar-refractivity contribution in [1.82, 2.24) is 4.31 Å². The molecule has 0 aliphatic heterocycles. The molecular weight excluding hydrogens is 222 g/mol. The molecule has 0 aliphatic rings. The normalized spacial score (nSPS) is 14.0. The van der Waals surface area contributed by atoms with E-state index in [-0.39, 0.29) is 6.04 Å². The third-order valence-corrected chi connectivity index (χ3v) is 4.17. The molecule has 0 heterocycles. The zero-order valence-corrected chi connectivity index (χ0v) is 10.9. The molecule has 1 atom stereocenters. The van der Waals surface area contributed by atoms with Gasteiger partial charge in [-0.25, -0.2) is 12.7 Å². The number of benzene rings is 1. The van der Waals surface area contributed by atoms with Crippen molar-refractivity contribution in [3.05, 3.63) is 35.9 Å². The summed E-state index contributed by atoms with van der Waals surface area (Å²) in [6.45, 7) is 2.01. The third-order valence-electron chi connectivity index (χ3n) is 2.82. The van der Waals surface area contributed by atoms with Crippen LogP contribution in [0.15, 0.2) is 30.3 Å². The van der Waals surface area contributed by atoms with Crippen LogP contribution in [-0.4, -0.2) is 32.1 Å². The maximum absolute atomic E-state index is 11.4. The van der Waals surface area contributed by atoms with Crippen LogP contribution in [0.3, 0.4) is 0 Å². The summed E-state index contributed by atoms with van der Waals surface area (Å²) in [6, 6.07) is 10.0. The molecule has 0 spiro atoms. The van der Waals surface area contributed by atoms with Crippen molar-refractivity contribution in [2.75, 3.05) is 13.3 Å². The number of sulfonamides is 1. The van der Waals surface area contributed by atoms with Crippen molar-refractivity contribution in [1.29, 1.82) is 0 Å². The van der Waals surface area contributed by atoms with Crippen LogP contribution in [0, 0.1) is 0 Å². The van der Waals surface area contributed by atoms with E-state index in [4.69, 9.17) is 0 Å². The van der Waals surface area contributed by atoms with E-state index in [1.54, 1.807) is 7.05 Å². The smallest absolute Gasteiger partial charge is 0.211 e. The Morgan fingerprint density at radius 3 is 2.25 bits per heavy atom. The summed E-state index contributed by atoms with van der Waals surface area (Å²) in [6.07, 6.45) is 2.83. The van der Waals surface area contributed by atoms with Crippen LogP contribution >= 0.6 is 0 Å². The predicted octanol–water partition coefficient (Wildman–Crippen LogP) is 1.90. The van der Waals surface area contributed by atoms with Gasteiger partial charge in [0.1, 0.15) is 0 Å². The van der Waals surface area contributed by atoms with Crippen molar-refractivity contribution < 1.29 is 8.42 Å². The number of hydrogen-bond acceptors (Lipinski definition) is 2. The predicted molar refractivity (Wildman–Crippen MR) is 66.8 cm³/mol. The second-order valence-electron chi connectivity index (χ2n) is 4.03. The van der Waals surface area contributed by atoms with Gasteiger partial charge >= 0.3 is 0 Å². The molecule has 1 aromatic carbocycles. The summed E-state index contributed by atoms with van der Waals surface area (Å²) in [7, 11) is -1.46. The highest BCUT2D eigenvalue weighted by Gasteiger charge is 2.20. The zero-order chi connectivity index (χ0) is 12.2. The maximum Gasteiger partial charge on any atom is 0.211 e. The lowest BCUT2D eigenvalue weighted by Crippen LogP contribution is -2.37. The largest absolute Gasteiger partial charge is 0.213 e. The fourth-order valence-electron chi connectivity index (χ4n) is 1.69. The average molecular weight is 241 g/mol. The summed E-state index contributed by atoms with van der Waals surface area (Å²) >= 11 is 0. The number of rotatable bonds is 5. The van der Waals surface area contributed by atoms with Gasteiger partial charge in [-0.2, -0.15) is 0 Å². The molecule has 3 nitrogen and oxygen atoms in total. The molecule has 0 fully saturated rings. The molecule has 0 saturated heterocycles. The van der Waals surface area contributed by atoms with Crippen molar-refractivity contribution in [3.8, 4) is 0 Å². The molecular formula is C12H19NO2S. The van der Waals surface area contributed by atoms with Gasteiger partial charge in [-0.1, -0.05) is 37.3 Å². The van der Waals surface area contributed by atoms with Crippen LogP contribution in [0.2, 0.25) is 0 Å². The minimum Gasteiger partial charge on any atom is -0.213 e. The van der Waals surface area contributed by atoms with Crippen molar-refractivity contribution in [3.63, 3.8) is 0 Å². The highest BCUT2D eigenvalue weighted by Crippen LogP contribution is 2.13. The number of likely N-dealkylation sites (N-methyl/N-ethyl adjacent to an activating group) is 1. The molecule has 0 saturated carbocycles. The Morgan fingerprint density at radius 1 is 1.25 bits per heavy atom. The zero-order valence-electron chi connectivity index (χ0n) is 10.1. The molecule has 1 aromatic rings. The third kappa shape index (κ3) is 3.61. The second kappa shape index (κ2) is 5.46. The molecule has 0 amide bonds. The molecule has 16 heavy (non-hydrogen) atoms. The molecule has 90 valence electrons. The molecule has 4 heteroatoms. The molecule has 0 unspecified atom stereocenters. The Labute approximate surface area is 98.1 Å². The van der Waals surface area contributed by atoms with Gasteiger partial charge in [-0.05, 0) is 18.4 Å². The van der Waals surface area contributed by atoms with Crippen molar-refractivity contribution in [2.45, 2.75) is 25.8 Å². The summed E-state index contributed by atoms with van der Waals surface area (Å²) in [5, 5.41) is 0. The first-order chi connectivity index (χ1) is 7.45. The quantitative estimate of drug-likeness (QED) is 0.789. The highest BCUT2D eigenvalue weighted by atomic mass is 32.2. The lowest BCUT2D eigenvalue weighted by molar-refractivity contribution is 0.358. The van der Waals surface area contributed by atoms with Crippen molar-refractivity contribution >= 4 is 10.0 Å². The molecule has 0 bridgehead atoms. The van der Waals surface area contributed by atoms with E-state index >= 15 is 0 Å². The van der Waals surface area contributed by atoms with Gasteiger partial charge in [-0.15, -0.1) is 0 Å². The van der Waals surface area contributed by atoms with Crippen LogP contribution in [0.1, 0.15) is 18.9 Å². The Morgan fingerprint density at radius 2 is 1.81 bits per heavy atom. The maximum atomic E-state index is 11.4. The Bertz CT molecular complexity index is 414. The Hall–Kier alpha value is -0.870. The topological polar surface area (TPSA) is 37.4 Å². The highest BCUT2D eigenvalue weighted by molar-refractivity contribution is 7.88. The van der Waals surface area contributed by atoms with E-state index in [1.165, 1.54) is 16.1 Å². The lowest BCUT2D eigenvalue weighted by Gasteiger charge is -2.25. The summed E-state index contributed by atoms with van der Waals surface area (Å²) in [5.74, 6) is 0. The van der Waals surface area contributed by atoms with Crippen molar-refractivity contribution in [2.24, 2.45) is 0 Å². The van der Waals surface area contributed by atoms with Crippen LogP contribution in [0.4, 0.5) is 0 Å². The van der Waals surface area contributed by atoms with E-state index < -0.39 is 10.0 Å². The summed E-state index contributed by atoms with van der Waals surface area (Å²) in [5.41, 5.74) is 1.17. The molecule has 1 rings (SSSR count). The number of hydrogen-bond donors (Lipinski definition) is 0. The Balaban J connectivity index is 2.77. The van der Waals surface area contributed by atoms with Gasteiger partial charge in [0.2, 0.25) is 10.0 Å². The fourth-order valence-corrected chi connectivity index (χ4v) is 2.45. The standard InChI is InChI=1S/C12H19NO2S/c1-4-12(13(2)16(3,14)15)10-11-8-6-5-7-9-11/h5-9,12H,4,10H2,1-3H3/t12-/m0/s1. The Kier molecular flexibility index (Phi) is 4.50. The molecule has 0 N–H and O–H groups in total. The van der Waals surface area contributed by atoms with Gasteiger partial charge in [0, 0.05) is 13.1 Å². The van der Waals surface area contributed by atoms with Gasteiger partial charge in [0.05, 0.1) is 6.26 Å². The van der Waals surface area contributed by atoms with E-state index in [2.05, 4.69) is 0 Å². The first kappa shape index (κ1) is 13.2. The van der Waals surface area contributed by atoms with Crippen LogP contribution in [-0.2, 0) is 16.4 Å². The SMILES string of the molecule is CC[C@@H](Cc1ccccc1)N(C)S(C)(=O)=O. The fraction of sp³-hybridized carbons (Fsp3) is 0.500. The van der Waals surface area contributed by atoms with E-state index in [1.807, 2.05) is 37.3 Å². The average Bonchev–Trinajstić information content (AvgIpc) is 2.25. The van der Waals surface area contributed by atoms with E-state index in [9.17, 15) is 8.42 Å². The summed E-state index contributed by atoms with van der Waals surface area (Å²) in [4.78, 5) is 0. The second-order valence-corrected chi connectivity index (χ2v) is 6.07. The number of nitrogens with zero attached hydrogens (tertiary/aromatic N) is 1. The van der Waals surface area contributed by atoms with Crippen LogP contribution in [0.25, 0.3) is 0 Å². The molecule has 0 radical (unpaired) electrons. The van der Waals surface area contributed by atoms with Gasteiger partial charge in [0.25, 0.3) is 0 Å². The van der Waals surface area contributed by atoms with Crippen LogP contribution < -0.4 is 0 Å². The van der Waals surface area contributed by atoms with Gasteiger partial charge < -0.3 is 0 Å². The molecule has 0 aromatic heterocycles. The van der Waals surface area contributed by atoms with E-state index in [0.29, 0.717) is 0 Å². The minimum absolute atomic E-state index is 0.0393. The lowest BCUT2D eigenvalue weighted by atomic mass is 10.0. The van der Waals surface area contributed by atoms with Crippen LogP contribution in [0.5, 0.6) is 0 Å².